The quantitative estimate of drug-likeness (QED) is 0.440. The molecule has 0 radical (unpaired) electrons. The molecule has 98 valence electrons. The van der Waals surface area contributed by atoms with Gasteiger partial charge in [0.2, 0.25) is 5.82 Å². The maximum Gasteiger partial charge on any atom is 0.305 e. The molecule has 0 unspecified atom stereocenters. The molecule has 0 aliphatic rings. The van der Waals surface area contributed by atoms with Crippen LogP contribution in [0.4, 0.5) is 10.1 Å². The van der Waals surface area contributed by atoms with E-state index < -0.39 is 22.4 Å². The fraction of sp³-hybridized carbons (Fsp3) is 0.364. The lowest BCUT2D eigenvalue weighted by Crippen LogP contribution is -2.16. The van der Waals surface area contributed by atoms with E-state index >= 15 is 0 Å². The summed E-state index contributed by atoms with van der Waals surface area (Å²) in [5.41, 5.74) is -0.362. The summed E-state index contributed by atoms with van der Waals surface area (Å²) in [6, 6.07) is 3.96. The number of hydrogen-bond donors (Lipinski definition) is 2. The zero-order valence-electron chi connectivity index (χ0n) is 9.56. The molecule has 0 aliphatic carbocycles. The van der Waals surface area contributed by atoms with Gasteiger partial charge in [0.1, 0.15) is 0 Å². The molecule has 1 aromatic carbocycles. The predicted molar refractivity (Wildman–Crippen MR) is 61.6 cm³/mol. The molecule has 0 amide bonds. The van der Waals surface area contributed by atoms with E-state index in [4.69, 9.17) is 5.11 Å². The average Bonchev–Trinajstić information content (AvgIpc) is 2.30. The molecule has 18 heavy (non-hydrogen) atoms. The molecule has 0 saturated carbocycles. The van der Waals surface area contributed by atoms with Crippen LogP contribution in [0, 0.1) is 15.9 Å². The van der Waals surface area contributed by atoms with E-state index in [0.717, 1.165) is 6.07 Å². The van der Waals surface area contributed by atoms with E-state index in [-0.39, 0.29) is 18.5 Å². The maximum atomic E-state index is 13.6. The molecule has 0 saturated heterocycles. The van der Waals surface area contributed by atoms with Crippen LogP contribution in [0.15, 0.2) is 18.2 Å². The molecule has 1 rings (SSSR count). The van der Waals surface area contributed by atoms with E-state index in [0.29, 0.717) is 13.0 Å². The third-order valence-electron chi connectivity index (χ3n) is 2.31. The van der Waals surface area contributed by atoms with Crippen LogP contribution in [0.5, 0.6) is 0 Å². The van der Waals surface area contributed by atoms with E-state index in [1.807, 2.05) is 0 Å². The van der Waals surface area contributed by atoms with Gasteiger partial charge in [0.05, 0.1) is 4.92 Å². The number of nitro benzene ring substituents is 1. The van der Waals surface area contributed by atoms with Crippen molar-refractivity contribution in [2.24, 2.45) is 0 Å². The molecular formula is C11H13FN2O4. The zero-order chi connectivity index (χ0) is 13.5. The van der Waals surface area contributed by atoms with Crippen molar-refractivity contribution in [1.29, 1.82) is 0 Å². The standard InChI is InChI=1S/C11H13FN2O4/c12-11-8(3-1-4-9(11)14(17)18)7-13-6-2-5-10(15)16/h1,3-4,13H,2,5-7H2,(H,15,16). The second kappa shape index (κ2) is 6.65. The number of hydrogen-bond acceptors (Lipinski definition) is 4. The first kappa shape index (κ1) is 14.0. The molecule has 0 bridgehead atoms. The highest BCUT2D eigenvalue weighted by atomic mass is 19.1. The van der Waals surface area contributed by atoms with Crippen molar-refractivity contribution in [3.63, 3.8) is 0 Å². The van der Waals surface area contributed by atoms with Gasteiger partial charge in [0, 0.05) is 24.6 Å². The van der Waals surface area contributed by atoms with Gasteiger partial charge in [-0.2, -0.15) is 4.39 Å². The van der Waals surface area contributed by atoms with Crippen LogP contribution in [-0.4, -0.2) is 22.5 Å². The maximum absolute atomic E-state index is 13.6. The summed E-state index contributed by atoms with van der Waals surface area (Å²) in [6.45, 7) is 0.543. The van der Waals surface area contributed by atoms with Crippen LogP contribution in [0.25, 0.3) is 0 Å². The first-order valence-electron chi connectivity index (χ1n) is 5.36. The monoisotopic (exact) mass is 256 g/mol. The predicted octanol–water partition coefficient (Wildman–Crippen LogP) is 1.69. The van der Waals surface area contributed by atoms with Crippen LogP contribution < -0.4 is 5.32 Å². The Hall–Kier alpha value is -2.02. The fourth-order valence-corrected chi connectivity index (χ4v) is 1.43. The van der Waals surface area contributed by atoms with Gasteiger partial charge in [-0.1, -0.05) is 12.1 Å². The Kier molecular flexibility index (Phi) is 5.19. The summed E-state index contributed by atoms with van der Waals surface area (Å²) in [6.07, 6.45) is 0.455. The molecule has 0 aliphatic heterocycles. The van der Waals surface area contributed by atoms with Crippen LogP contribution in [-0.2, 0) is 11.3 Å². The number of aliphatic carboxylic acids is 1. The lowest BCUT2D eigenvalue weighted by molar-refractivity contribution is -0.387. The molecule has 1 aromatic rings. The minimum absolute atomic E-state index is 0.0322. The molecule has 7 heteroatoms. The molecule has 0 fully saturated rings. The molecule has 0 aromatic heterocycles. The number of nitrogens with zero attached hydrogens (tertiary/aromatic N) is 1. The Morgan fingerprint density at radius 1 is 1.50 bits per heavy atom. The van der Waals surface area contributed by atoms with Crippen LogP contribution >= 0.6 is 0 Å². The number of rotatable bonds is 7. The summed E-state index contributed by atoms with van der Waals surface area (Å²) in [4.78, 5) is 20.0. The number of carbonyl (C=O) groups is 1. The van der Waals surface area contributed by atoms with Gasteiger partial charge >= 0.3 is 11.7 Å². The summed E-state index contributed by atoms with van der Waals surface area (Å²) < 4.78 is 13.6. The van der Waals surface area contributed by atoms with Gasteiger partial charge in [-0.3, -0.25) is 14.9 Å². The number of carboxylic acid groups (broad SMARTS) is 1. The van der Waals surface area contributed by atoms with Gasteiger partial charge in [-0.15, -0.1) is 0 Å². The van der Waals surface area contributed by atoms with Crippen LogP contribution in [0.1, 0.15) is 18.4 Å². The zero-order valence-corrected chi connectivity index (χ0v) is 9.56. The van der Waals surface area contributed by atoms with Gasteiger partial charge in [0.25, 0.3) is 0 Å². The number of halogens is 1. The Morgan fingerprint density at radius 2 is 2.22 bits per heavy atom. The minimum Gasteiger partial charge on any atom is -0.481 e. The largest absolute Gasteiger partial charge is 0.481 e. The third-order valence-corrected chi connectivity index (χ3v) is 2.31. The first-order valence-corrected chi connectivity index (χ1v) is 5.36. The van der Waals surface area contributed by atoms with Crippen molar-refractivity contribution < 1.29 is 19.2 Å². The van der Waals surface area contributed by atoms with Crippen molar-refractivity contribution in [1.82, 2.24) is 5.32 Å². The number of benzene rings is 1. The average molecular weight is 256 g/mol. The normalized spacial score (nSPS) is 10.3. The highest BCUT2D eigenvalue weighted by Crippen LogP contribution is 2.19. The van der Waals surface area contributed by atoms with Gasteiger partial charge < -0.3 is 10.4 Å². The van der Waals surface area contributed by atoms with E-state index in [2.05, 4.69) is 5.32 Å². The fourth-order valence-electron chi connectivity index (χ4n) is 1.43. The van der Waals surface area contributed by atoms with E-state index in [1.165, 1.54) is 12.1 Å². The Bertz CT molecular complexity index is 451. The van der Waals surface area contributed by atoms with Gasteiger partial charge in [-0.05, 0) is 13.0 Å². The molecule has 0 atom stereocenters. The smallest absolute Gasteiger partial charge is 0.305 e. The number of nitro groups is 1. The highest BCUT2D eigenvalue weighted by molar-refractivity contribution is 5.66. The number of carboxylic acids is 1. The lowest BCUT2D eigenvalue weighted by Gasteiger charge is -2.05. The second-order valence-electron chi connectivity index (χ2n) is 3.68. The van der Waals surface area contributed by atoms with Gasteiger partial charge in [0.15, 0.2) is 0 Å². The van der Waals surface area contributed by atoms with E-state index in [9.17, 15) is 19.3 Å². The minimum atomic E-state index is -0.890. The molecular weight excluding hydrogens is 243 g/mol. The molecule has 2 N–H and O–H groups in total. The SMILES string of the molecule is O=C(O)CCCNCc1cccc([N+](=O)[O-])c1F. The topological polar surface area (TPSA) is 92.5 Å². The first-order chi connectivity index (χ1) is 8.52. The van der Waals surface area contributed by atoms with Crippen molar-refractivity contribution in [2.45, 2.75) is 19.4 Å². The molecule has 0 spiro atoms. The molecule has 0 heterocycles. The van der Waals surface area contributed by atoms with Crippen LogP contribution in [0.3, 0.4) is 0 Å². The van der Waals surface area contributed by atoms with Crippen molar-refractivity contribution in [2.75, 3.05) is 6.54 Å². The summed E-state index contributed by atoms with van der Waals surface area (Å²) in [5.74, 6) is -1.74. The summed E-state index contributed by atoms with van der Waals surface area (Å²) in [7, 11) is 0. The van der Waals surface area contributed by atoms with Crippen molar-refractivity contribution in [3.05, 3.63) is 39.7 Å². The summed E-state index contributed by atoms with van der Waals surface area (Å²) >= 11 is 0. The Balaban J connectivity index is 2.50. The Labute approximate surface area is 103 Å². The Morgan fingerprint density at radius 3 is 2.83 bits per heavy atom. The number of nitrogens with one attached hydrogen (secondary N) is 1. The van der Waals surface area contributed by atoms with E-state index in [1.54, 1.807) is 0 Å². The van der Waals surface area contributed by atoms with Crippen molar-refractivity contribution >= 4 is 11.7 Å². The lowest BCUT2D eigenvalue weighted by atomic mass is 10.2. The summed E-state index contributed by atoms with van der Waals surface area (Å²) in [5, 5.41) is 21.8. The van der Waals surface area contributed by atoms with Crippen LogP contribution in [0.2, 0.25) is 0 Å². The third kappa shape index (κ3) is 4.10. The van der Waals surface area contributed by atoms with Crippen molar-refractivity contribution in [3.8, 4) is 0 Å². The molecule has 6 nitrogen and oxygen atoms in total. The highest BCUT2D eigenvalue weighted by Gasteiger charge is 2.16. The van der Waals surface area contributed by atoms with Gasteiger partial charge in [-0.25, -0.2) is 0 Å². The second-order valence-corrected chi connectivity index (χ2v) is 3.68.